The lowest BCUT2D eigenvalue weighted by atomic mass is 9.83. The molecule has 0 spiro atoms. The van der Waals surface area contributed by atoms with E-state index in [0.29, 0.717) is 5.56 Å². The average molecular weight is 288 g/mol. The van der Waals surface area contributed by atoms with Crippen molar-refractivity contribution in [1.82, 2.24) is 0 Å². The van der Waals surface area contributed by atoms with Crippen molar-refractivity contribution < 1.29 is 32.2 Å². The largest absolute Gasteiger partial charge is 0.573 e. The number of hydrogen-bond donors (Lipinski definition) is 0. The van der Waals surface area contributed by atoms with Gasteiger partial charge in [0.1, 0.15) is 5.75 Å². The molecule has 1 aliphatic rings. The Labute approximate surface area is 112 Å². The van der Waals surface area contributed by atoms with Gasteiger partial charge in [-0.2, -0.15) is 0 Å². The lowest BCUT2D eigenvalue weighted by molar-refractivity contribution is -0.274. The molecule has 20 heavy (non-hydrogen) atoms. The number of alkyl halides is 3. The molecule has 0 aliphatic heterocycles. The third kappa shape index (κ3) is 3.09. The summed E-state index contributed by atoms with van der Waals surface area (Å²) in [4.78, 5) is 23.3. The van der Waals surface area contributed by atoms with E-state index in [1.807, 2.05) is 0 Å². The topological polar surface area (TPSA) is 52.6 Å². The van der Waals surface area contributed by atoms with Crippen LogP contribution in [0.4, 0.5) is 13.2 Å². The Kier molecular flexibility index (Phi) is 3.69. The summed E-state index contributed by atoms with van der Waals surface area (Å²) in [5.41, 5.74) is 0.679. The number of carbonyl (C=O) groups is 2. The Balaban J connectivity index is 2.26. The van der Waals surface area contributed by atoms with Crippen LogP contribution in [0.1, 0.15) is 22.3 Å². The van der Waals surface area contributed by atoms with Crippen molar-refractivity contribution in [2.45, 2.75) is 19.2 Å². The number of ketones is 1. The van der Waals surface area contributed by atoms with Crippen molar-refractivity contribution in [3.05, 3.63) is 29.3 Å². The Morgan fingerprint density at radius 1 is 1.30 bits per heavy atom. The lowest BCUT2D eigenvalue weighted by Gasteiger charge is -2.22. The third-order valence-corrected chi connectivity index (χ3v) is 3.05. The molecule has 0 fully saturated rings. The first kappa shape index (κ1) is 14.4. The summed E-state index contributed by atoms with van der Waals surface area (Å²) in [6, 6.07) is 3.54. The Morgan fingerprint density at radius 3 is 2.60 bits per heavy atom. The second-order valence-corrected chi connectivity index (χ2v) is 4.42. The summed E-state index contributed by atoms with van der Waals surface area (Å²) in [5, 5.41) is 0. The fraction of sp³-hybridized carbons (Fsp3) is 0.385. The number of carbonyl (C=O) groups excluding carboxylic acids is 2. The summed E-state index contributed by atoms with van der Waals surface area (Å²) >= 11 is 0. The standard InChI is InChI=1S/C13H11F3O4/c1-19-12(18)8-4-7-2-3-9(20-13(14,15)16)6-10(7)11(17)5-8/h2-3,6,8H,4-5H2,1H3. The maximum absolute atomic E-state index is 12.1. The minimum absolute atomic E-state index is 0.0743. The van der Waals surface area contributed by atoms with Gasteiger partial charge in [0, 0.05) is 12.0 Å². The summed E-state index contributed by atoms with van der Waals surface area (Å²) in [6.07, 6.45) is -4.62. The molecule has 0 saturated heterocycles. The fourth-order valence-corrected chi connectivity index (χ4v) is 2.19. The molecule has 0 bridgehead atoms. The molecule has 1 aromatic rings. The van der Waals surface area contributed by atoms with Crippen molar-refractivity contribution in [1.29, 1.82) is 0 Å². The van der Waals surface area contributed by atoms with E-state index < -0.39 is 29.8 Å². The summed E-state index contributed by atoms with van der Waals surface area (Å²) < 4.78 is 44.7. The second-order valence-electron chi connectivity index (χ2n) is 4.42. The SMILES string of the molecule is COC(=O)C1CC(=O)c2cc(OC(F)(F)F)ccc2C1. The zero-order chi connectivity index (χ0) is 14.9. The highest BCUT2D eigenvalue weighted by atomic mass is 19.4. The molecule has 108 valence electrons. The highest BCUT2D eigenvalue weighted by Gasteiger charge is 2.34. The van der Waals surface area contributed by atoms with Crippen LogP contribution in [0.3, 0.4) is 0 Å². The first-order valence-corrected chi connectivity index (χ1v) is 5.80. The van der Waals surface area contributed by atoms with Crippen LogP contribution in [0, 0.1) is 5.92 Å². The Bertz CT molecular complexity index is 551. The van der Waals surface area contributed by atoms with Crippen LogP contribution in [-0.2, 0) is 16.0 Å². The summed E-state index contributed by atoms with van der Waals surface area (Å²) in [5.74, 6) is -1.93. The van der Waals surface area contributed by atoms with Crippen LogP contribution in [0.15, 0.2) is 18.2 Å². The number of ether oxygens (including phenoxy) is 2. The van der Waals surface area contributed by atoms with E-state index in [2.05, 4.69) is 9.47 Å². The lowest BCUT2D eigenvalue weighted by Crippen LogP contribution is -2.27. The van der Waals surface area contributed by atoms with Gasteiger partial charge >= 0.3 is 12.3 Å². The van der Waals surface area contributed by atoms with Gasteiger partial charge < -0.3 is 9.47 Å². The molecule has 2 rings (SSSR count). The minimum atomic E-state index is -4.81. The van der Waals surface area contributed by atoms with Gasteiger partial charge in [-0.15, -0.1) is 13.2 Å². The number of methoxy groups -OCH3 is 1. The average Bonchev–Trinajstić information content (AvgIpc) is 2.36. The number of Topliss-reactive ketones (excluding diaryl/α,β-unsaturated/α-hetero) is 1. The van der Waals surface area contributed by atoms with Gasteiger partial charge in [-0.1, -0.05) is 6.07 Å². The van der Waals surface area contributed by atoms with Crippen molar-refractivity contribution in [2.75, 3.05) is 7.11 Å². The molecule has 1 atom stereocenters. The number of esters is 1. The van der Waals surface area contributed by atoms with Crippen molar-refractivity contribution >= 4 is 11.8 Å². The van der Waals surface area contributed by atoms with E-state index in [1.165, 1.54) is 13.2 Å². The molecule has 0 radical (unpaired) electrons. The van der Waals surface area contributed by atoms with Crippen LogP contribution in [0.2, 0.25) is 0 Å². The number of fused-ring (bicyclic) bond motifs is 1. The minimum Gasteiger partial charge on any atom is -0.469 e. The van der Waals surface area contributed by atoms with E-state index in [-0.39, 0.29) is 18.4 Å². The van der Waals surface area contributed by atoms with E-state index in [4.69, 9.17) is 0 Å². The van der Waals surface area contributed by atoms with Crippen LogP contribution in [-0.4, -0.2) is 25.2 Å². The third-order valence-electron chi connectivity index (χ3n) is 3.05. The van der Waals surface area contributed by atoms with Gasteiger partial charge in [0.15, 0.2) is 5.78 Å². The molecule has 4 nitrogen and oxygen atoms in total. The number of hydrogen-bond acceptors (Lipinski definition) is 4. The van der Waals surface area contributed by atoms with Crippen LogP contribution < -0.4 is 4.74 Å². The van der Waals surface area contributed by atoms with Crippen LogP contribution >= 0.6 is 0 Å². The Morgan fingerprint density at radius 2 is 2.00 bits per heavy atom. The van der Waals surface area contributed by atoms with E-state index in [1.54, 1.807) is 0 Å². The highest BCUT2D eigenvalue weighted by Crippen LogP contribution is 2.31. The quantitative estimate of drug-likeness (QED) is 0.785. The number of benzene rings is 1. The van der Waals surface area contributed by atoms with E-state index >= 15 is 0 Å². The Hall–Kier alpha value is -2.05. The zero-order valence-corrected chi connectivity index (χ0v) is 10.5. The molecule has 1 aromatic carbocycles. The smallest absolute Gasteiger partial charge is 0.469 e. The van der Waals surface area contributed by atoms with Gasteiger partial charge in [-0.05, 0) is 24.1 Å². The first-order valence-electron chi connectivity index (χ1n) is 5.80. The molecule has 1 aliphatic carbocycles. The van der Waals surface area contributed by atoms with Gasteiger partial charge in [0.25, 0.3) is 0 Å². The molecule has 0 heterocycles. The number of halogens is 3. The molecular formula is C13H11F3O4. The normalized spacial score (nSPS) is 18.4. The molecule has 0 aromatic heterocycles. The second kappa shape index (κ2) is 5.15. The molecule has 0 saturated carbocycles. The summed E-state index contributed by atoms with van der Waals surface area (Å²) in [7, 11) is 1.22. The molecular weight excluding hydrogens is 277 g/mol. The van der Waals surface area contributed by atoms with Crippen molar-refractivity contribution in [2.24, 2.45) is 5.92 Å². The maximum atomic E-state index is 12.1. The fourth-order valence-electron chi connectivity index (χ4n) is 2.19. The van der Waals surface area contributed by atoms with Gasteiger partial charge in [-0.25, -0.2) is 0 Å². The summed E-state index contributed by atoms with van der Waals surface area (Å²) in [6.45, 7) is 0. The van der Waals surface area contributed by atoms with Crippen molar-refractivity contribution in [3.8, 4) is 5.75 Å². The molecule has 7 heteroatoms. The molecule has 1 unspecified atom stereocenters. The highest BCUT2D eigenvalue weighted by molar-refractivity contribution is 6.01. The van der Waals surface area contributed by atoms with Crippen LogP contribution in [0.5, 0.6) is 5.75 Å². The van der Waals surface area contributed by atoms with Gasteiger partial charge in [-0.3, -0.25) is 9.59 Å². The van der Waals surface area contributed by atoms with Crippen LogP contribution in [0.25, 0.3) is 0 Å². The van der Waals surface area contributed by atoms with Gasteiger partial charge in [0.2, 0.25) is 0 Å². The molecule has 0 N–H and O–H groups in total. The van der Waals surface area contributed by atoms with Gasteiger partial charge in [0.05, 0.1) is 13.0 Å². The predicted octanol–water partition coefficient (Wildman–Crippen LogP) is 2.50. The predicted molar refractivity (Wildman–Crippen MR) is 61.3 cm³/mol. The number of rotatable bonds is 2. The molecule has 0 amide bonds. The van der Waals surface area contributed by atoms with Crippen molar-refractivity contribution in [3.63, 3.8) is 0 Å². The van der Waals surface area contributed by atoms with E-state index in [9.17, 15) is 22.8 Å². The first-order chi connectivity index (χ1) is 9.30. The maximum Gasteiger partial charge on any atom is 0.573 e. The van der Waals surface area contributed by atoms with E-state index in [0.717, 1.165) is 12.1 Å². The monoisotopic (exact) mass is 288 g/mol. The zero-order valence-electron chi connectivity index (χ0n) is 10.5.